The Morgan fingerprint density at radius 2 is 2.16 bits per heavy atom. The normalized spacial score (nSPS) is 11.7. The van der Waals surface area contributed by atoms with Crippen molar-refractivity contribution in [2.45, 2.75) is 6.92 Å². The highest BCUT2D eigenvalue weighted by Gasteiger charge is 2.06. The molecule has 0 spiro atoms. The molecule has 0 fully saturated rings. The van der Waals surface area contributed by atoms with Crippen LogP contribution in [0.4, 0.5) is 0 Å². The SMILES string of the molecule is Cc1csc2nc(C=Cc3csc(Br)c3)[nH]c(=O)c12. The van der Waals surface area contributed by atoms with Gasteiger partial charge in [0.05, 0.1) is 9.17 Å². The Bertz CT molecular complexity index is 829. The van der Waals surface area contributed by atoms with E-state index in [2.05, 4.69) is 25.9 Å². The third-order valence-corrected chi connectivity index (χ3v) is 5.18. The van der Waals surface area contributed by atoms with Crippen LogP contribution in [0.2, 0.25) is 0 Å². The maximum Gasteiger partial charge on any atom is 0.260 e. The van der Waals surface area contributed by atoms with E-state index >= 15 is 0 Å². The van der Waals surface area contributed by atoms with Gasteiger partial charge in [0.2, 0.25) is 0 Å². The molecule has 0 radical (unpaired) electrons. The fourth-order valence-corrected chi connectivity index (χ4v) is 3.84. The summed E-state index contributed by atoms with van der Waals surface area (Å²) >= 11 is 6.54. The van der Waals surface area contributed by atoms with Gasteiger partial charge in [0, 0.05) is 0 Å². The standard InChI is InChI=1S/C13H9BrN2OS2/c1-7-5-19-13-11(7)12(17)15-10(16-13)3-2-8-4-9(14)18-6-8/h2-6H,1H3,(H,15,16,17). The van der Waals surface area contributed by atoms with Gasteiger partial charge in [-0.15, -0.1) is 22.7 Å². The molecule has 0 aliphatic rings. The molecule has 3 rings (SSSR count). The average molecular weight is 353 g/mol. The third kappa shape index (κ3) is 2.56. The average Bonchev–Trinajstić information content (AvgIpc) is 2.94. The number of aryl methyl sites for hydroxylation is 1. The lowest BCUT2D eigenvalue weighted by Crippen LogP contribution is -2.08. The second-order valence-corrected chi connectivity index (χ2v) is 7.22. The number of nitrogens with one attached hydrogen (secondary N) is 1. The number of thiophene rings is 2. The second-order valence-electron chi connectivity index (χ2n) is 4.07. The van der Waals surface area contributed by atoms with Crippen molar-refractivity contribution >= 4 is 61.0 Å². The minimum atomic E-state index is -0.0742. The van der Waals surface area contributed by atoms with Crippen molar-refractivity contribution in [1.82, 2.24) is 9.97 Å². The lowest BCUT2D eigenvalue weighted by atomic mass is 10.2. The Morgan fingerprint density at radius 3 is 2.89 bits per heavy atom. The van der Waals surface area contributed by atoms with Crippen molar-refractivity contribution in [1.29, 1.82) is 0 Å². The summed E-state index contributed by atoms with van der Waals surface area (Å²) in [5.74, 6) is 0.585. The monoisotopic (exact) mass is 352 g/mol. The Morgan fingerprint density at radius 1 is 1.32 bits per heavy atom. The predicted molar refractivity (Wildman–Crippen MR) is 85.9 cm³/mol. The van der Waals surface area contributed by atoms with Gasteiger partial charge < -0.3 is 4.98 Å². The maximum atomic E-state index is 12.0. The highest BCUT2D eigenvalue weighted by Crippen LogP contribution is 2.23. The van der Waals surface area contributed by atoms with Crippen LogP contribution in [0.5, 0.6) is 0 Å². The molecule has 3 nitrogen and oxygen atoms in total. The van der Waals surface area contributed by atoms with E-state index in [-0.39, 0.29) is 5.56 Å². The van der Waals surface area contributed by atoms with Gasteiger partial charge in [-0.3, -0.25) is 4.79 Å². The molecule has 0 amide bonds. The lowest BCUT2D eigenvalue weighted by Gasteiger charge is -1.94. The zero-order chi connectivity index (χ0) is 13.4. The van der Waals surface area contributed by atoms with Gasteiger partial charge in [-0.1, -0.05) is 6.08 Å². The molecule has 0 unspecified atom stereocenters. The molecular weight excluding hydrogens is 344 g/mol. The number of aromatic amines is 1. The summed E-state index contributed by atoms with van der Waals surface area (Å²) in [6.07, 6.45) is 3.76. The Labute approximate surface area is 125 Å². The highest BCUT2D eigenvalue weighted by molar-refractivity contribution is 9.11. The Hall–Kier alpha value is -1.24. The minimum absolute atomic E-state index is 0.0742. The molecular formula is C13H9BrN2OS2. The summed E-state index contributed by atoms with van der Waals surface area (Å²) in [7, 11) is 0. The zero-order valence-corrected chi connectivity index (χ0v) is 13.2. The van der Waals surface area contributed by atoms with Crippen LogP contribution in [-0.4, -0.2) is 9.97 Å². The van der Waals surface area contributed by atoms with E-state index < -0.39 is 0 Å². The van der Waals surface area contributed by atoms with E-state index in [0.717, 1.165) is 19.7 Å². The van der Waals surface area contributed by atoms with E-state index in [4.69, 9.17) is 0 Å². The van der Waals surface area contributed by atoms with E-state index in [1.165, 1.54) is 11.3 Å². The van der Waals surface area contributed by atoms with Crippen molar-refractivity contribution in [2.75, 3.05) is 0 Å². The molecule has 0 saturated carbocycles. The van der Waals surface area contributed by atoms with Crippen LogP contribution in [0.25, 0.3) is 22.4 Å². The van der Waals surface area contributed by atoms with Crippen molar-refractivity contribution in [3.8, 4) is 0 Å². The van der Waals surface area contributed by atoms with E-state index in [1.54, 1.807) is 11.3 Å². The maximum absolute atomic E-state index is 12.0. The number of aromatic nitrogens is 2. The Balaban J connectivity index is 2.02. The van der Waals surface area contributed by atoms with E-state index in [9.17, 15) is 4.79 Å². The van der Waals surface area contributed by atoms with Crippen LogP contribution in [0, 0.1) is 6.92 Å². The summed E-state index contributed by atoms with van der Waals surface area (Å²) < 4.78 is 1.08. The summed E-state index contributed by atoms with van der Waals surface area (Å²) in [4.78, 5) is 20.0. The molecule has 0 aromatic carbocycles. The topological polar surface area (TPSA) is 45.8 Å². The molecule has 3 heterocycles. The second kappa shape index (κ2) is 5.03. The first-order chi connectivity index (χ1) is 9.13. The molecule has 0 saturated heterocycles. The molecule has 1 N–H and O–H groups in total. The number of nitrogens with zero attached hydrogens (tertiary/aromatic N) is 1. The smallest absolute Gasteiger partial charge is 0.260 e. The number of H-pyrrole nitrogens is 1. The fraction of sp³-hybridized carbons (Fsp3) is 0.0769. The zero-order valence-electron chi connectivity index (χ0n) is 9.94. The van der Waals surface area contributed by atoms with Crippen LogP contribution < -0.4 is 5.56 Å². The van der Waals surface area contributed by atoms with Crippen LogP contribution in [0.3, 0.4) is 0 Å². The van der Waals surface area contributed by atoms with Crippen molar-refractivity contribution < 1.29 is 0 Å². The molecule has 6 heteroatoms. The molecule has 0 bridgehead atoms. The van der Waals surface area contributed by atoms with E-state index in [0.29, 0.717) is 11.2 Å². The number of rotatable bonds is 2. The third-order valence-electron chi connectivity index (χ3n) is 2.67. The quantitative estimate of drug-likeness (QED) is 0.747. The summed E-state index contributed by atoms with van der Waals surface area (Å²) in [6, 6.07) is 2.02. The number of halogens is 1. The molecule has 0 aliphatic heterocycles. The minimum Gasteiger partial charge on any atom is -0.306 e. The van der Waals surface area contributed by atoms with Crippen molar-refractivity contribution in [3.63, 3.8) is 0 Å². The van der Waals surface area contributed by atoms with Gasteiger partial charge >= 0.3 is 0 Å². The van der Waals surface area contributed by atoms with Crippen LogP contribution in [0.1, 0.15) is 17.0 Å². The number of hydrogen-bond acceptors (Lipinski definition) is 4. The molecule has 0 atom stereocenters. The molecule has 3 aromatic rings. The number of hydrogen-bond donors (Lipinski definition) is 1. The van der Waals surface area contributed by atoms with Gasteiger partial charge in [0.15, 0.2) is 0 Å². The summed E-state index contributed by atoms with van der Waals surface area (Å²) in [6.45, 7) is 1.92. The summed E-state index contributed by atoms with van der Waals surface area (Å²) in [5.41, 5.74) is 1.99. The molecule has 19 heavy (non-hydrogen) atoms. The molecule has 0 aliphatic carbocycles. The van der Waals surface area contributed by atoms with Crippen LogP contribution in [-0.2, 0) is 0 Å². The van der Waals surface area contributed by atoms with Gasteiger partial charge in [0.25, 0.3) is 5.56 Å². The van der Waals surface area contributed by atoms with Gasteiger partial charge in [0.1, 0.15) is 10.7 Å². The fourth-order valence-electron chi connectivity index (χ4n) is 1.77. The van der Waals surface area contributed by atoms with Crippen molar-refractivity contribution in [2.24, 2.45) is 0 Å². The molecule has 96 valence electrons. The van der Waals surface area contributed by atoms with Gasteiger partial charge in [-0.05, 0) is 56.9 Å². The number of fused-ring (bicyclic) bond motifs is 1. The van der Waals surface area contributed by atoms with Crippen LogP contribution in [0.15, 0.2) is 25.4 Å². The first-order valence-corrected chi connectivity index (χ1v) is 8.09. The molecule has 3 aromatic heterocycles. The first-order valence-electron chi connectivity index (χ1n) is 5.54. The Kier molecular flexibility index (Phi) is 3.38. The first kappa shape index (κ1) is 12.8. The van der Waals surface area contributed by atoms with Gasteiger partial charge in [-0.25, -0.2) is 4.98 Å². The van der Waals surface area contributed by atoms with Gasteiger partial charge in [-0.2, -0.15) is 0 Å². The van der Waals surface area contributed by atoms with Crippen molar-refractivity contribution in [3.05, 3.63) is 47.9 Å². The predicted octanol–water partition coefficient (Wildman–Crippen LogP) is 4.29. The largest absolute Gasteiger partial charge is 0.306 e. The lowest BCUT2D eigenvalue weighted by molar-refractivity contribution is 1.15. The highest BCUT2D eigenvalue weighted by atomic mass is 79.9. The van der Waals surface area contributed by atoms with E-state index in [1.807, 2.05) is 35.9 Å². The van der Waals surface area contributed by atoms with Crippen LogP contribution >= 0.6 is 38.6 Å². The summed E-state index contributed by atoms with van der Waals surface area (Å²) in [5, 5.41) is 4.68.